The average molecular weight is 326 g/mol. The topological polar surface area (TPSA) is 33.5 Å². The van der Waals surface area contributed by atoms with E-state index in [1.807, 2.05) is 6.92 Å². The molecule has 0 N–H and O–H groups in total. The van der Waals surface area contributed by atoms with E-state index in [2.05, 4.69) is 15.9 Å². The molecule has 0 saturated carbocycles. The van der Waals surface area contributed by atoms with Gasteiger partial charge in [0, 0.05) is 23.6 Å². The molecule has 0 spiro atoms. The van der Waals surface area contributed by atoms with Crippen molar-refractivity contribution in [2.24, 2.45) is 0 Å². The van der Waals surface area contributed by atoms with E-state index in [9.17, 15) is 9.18 Å². The van der Waals surface area contributed by atoms with Gasteiger partial charge in [-0.3, -0.25) is 4.79 Å². The third-order valence-corrected chi connectivity index (χ3v) is 3.38. The van der Waals surface area contributed by atoms with E-state index in [0.717, 1.165) is 11.3 Å². The fraction of sp³-hybridized carbons (Fsp3) is 0.214. The zero-order chi connectivity index (χ0) is 14.0. The minimum atomic E-state index is -0.532. The van der Waals surface area contributed by atoms with Crippen LogP contribution in [0.15, 0.2) is 39.4 Å². The van der Waals surface area contributed by atoms with Crippen LogP contribution in [0, 0.1) is 12.7 Å². The Morgan fingerprint density at radius 1 is 1.42 bits per heavy atom. The normalized spacial score (nSPS) is 10.5. The highest BCUT2D eigenvalue weighted by molar-refractivity contribution is 9.10. The molecule has 0 fully saturated rings. The van der Waals surface area contributed by atoms with E-state index in [1.165, 1.54) is 17.0 Å². The third kappa shape index (κ3) is 3.04. The number of aryl methyl sites for hydroxylation is 1. The lowest BCUT2D eigenvalue weighted by molar-refractivity contribution is 0.0780. The van der Waals surface area contributed by atoms with Crippen molar-refractivity contribution in [3.8, 4) is 0 Å². The van der Waals surface area contributed by atoms with Crippen molar-refractivity contribution >= 4 is 21.8 Å². The van der Waals surface area contributed by atoms with Gasteiger partial charge < -0.3 is 9.32 Å². The van der Waals surface area contributed by atoms with Crippen molar-refractivity contribution in [2.45, 2.75) is 13.5 Å². The van der Waals surface area contributed by atoms with Crippen LogP contribution in [0.25, 0.3) is 0 Å². The van der Waals surface area contributed by atoms with E-state index in [4.69, 9.17) is 4.42 Å². The molecule has 0 aliphatic rings. The van der Waals surface area contributed by atoms with Gasteiger partial charge in [0.1, 0.15) is 11.6 Å². The monoisotopic (exact) mass is 325 g/mol. The number of hydrogen-bond donors (Lipinski definition) is 0. The molecule has 0 radical (unpaired) electrons. The van der Waals surface area contributed by atoms with Crippen molar-refractivity contribution in [2.75, 3.05) is 7.05 Å². The Morgan fingerprint density at radius 3 is 2.74 bits per heavy atom. The summed E-state index contributed by atoms with van der Waals surface area (Å²) in [7, 11) is 1.64. The zero-order valence-corrected chi connectivity index (χ0v) is 12.2. The number of carbonyl (C=O) groups is 1. The molecule has 0 atom stereocenters. The van der Waals surface area contributed by atoms with Crippen LogP contribution in [-0.2, 0) is 6.54 Å². The van der Waals surface area contributed by atoms with E-state index < -0.39 is 5.82 Å². The molecule has 0 saturated heterocycles. The fourth-order valence-electron chi connectivity index (χ4n) is 1.77. The van der Waals surface area contributed by atoms with Crippen LogP contribution in [0.4, 0.5) is 4.39 Å². The first-order chi connectivity index (χ1) is 8.99. The Labute approximate surface area is 119 Å². The molecule has 2 aromatic rings. The molecule has 0 bridgehead atoms. The second kappa shape index (κ2) is 5.57. The average Bonchev–Trinajstić information content (AvgIpc) is 2.74. The first kappa shape index (κ1) is 13.8. The van der Waals surface area contributed by atoms with Crippen LogP contribution in [0.5, 0.6) is 0 Å². The summed E-state index contributed by atoms with van der Waals surface area (Å²) in [5.41, 5.74) is 0.972. The maximum absolute atomic E-state index is 13.7. The zero-order valence-electron chi connectivity index (χ0n) is 10.6. The number of halogens is 2. The van der Waals surface area contributed by atoms with Gasteiger partial charge >= 0.3 is 0 Å². The summed E-state index contributed by atoms with van der Waals surface area (Å²) < 4.78 is 19.5. The fourth-order valence-corrected chi connectivity index (χ4v) is 2.10. The van der Waals surface area contributed by atoms with Gasteiger partial charge in [-0.15, -0.1) is 0 Å². The molecular formula is C14H13BrFNO2. The van der Waals surface area contributed by atoms with E-state index in [1.54, 1.807) is 25.4 Å². The summed E-state index contributed by atoms with van der Waals surface area (Å²) in [6.07, 6.45) is 1.57. The van der Waals surface area contributed by atoms with Gasteiger partial charge in [-0.05, 0) is 31.2 Å². The molecule has 1 amide bonds. The van der Waals surface area contributed by atoms with E-state index >= 15 is 0 Å². The molecule has 3 nitrogen and oxygen atoms in total. The smallest absolute Gasteiger partial charge is 0.256 e. The second-order valence-corrected chi connectivity index (χ2v) is 5.20. The molecule has 1 aromatic heterocycles. The second-order valence-electron chi connectivity index (χ2n) is 4.29. The number of amides is 1. The Balaban J connectivity index is 2.17. The van der Waals surface area contributed by atoms with E-state index in [-0.39, 0.29) is 11.5 Å². The lowest BCUT2D eigenvalue weighted by atomic mass is 10.1. The predicted octanol–water partition coefficient (Wildman–Crippen LogP) is 3.76. The van der Waals surface area contributed by atoms with Crippen molar-refractivity contribution in [3.05, 3.63) is 57.7 Å². The van der Waals surface area contributed by atoms with Crippen LogP contribution in [0.2, 0.25) is 0 Å². The molecule has 0 aliphatic heterocycles. The SMILES string of the molecule is Cc1occc1CN(C)C(=O)c1ccc(Br)cc1F. The largest absolute Gasteiger partial charge is 0.469 e. The van der Waals surface area contributed by atoms with Crippen molar-refractivity contribution < 1.29 is 13.6 Å². The van der Waals surface area contributed by atoms with Gasteiger partial charge in [-0.1, -0.05) is 15.9 Å². The molecule has 0 aliphatic carbocycles. The van der Waals surface area contributed by atoms with Gasteiger partial charge in [-0.25, -0.2) is 4.39 Å². The number of hydrogen-bond acceptors (Lipinski definition) is 2. The van der Waals surface area contributed by atoms with Gasteiger partial charge in [0.25, 0.3) is 5.91 Å². The Hall–Kier alpha value is -1.62. The number of rotatable bonds is 3. The first-order valence-corrected chi connectivity index (χ1v) is 6.52. The molecular weight excluding hydrogens is 313 g/mol. The summed E-state index contributed by atoms with van der Waals surface area (Å²) in [5.74, 6) is -0.128. The Morgan fingerprint density at radius 2 is 2.16 bits per heavy atom. The molecule has 1 heterocycles. The van der Waals surface area contributed by atoms with Gasteiger partial charge in [0.05, 0.1) is 11.8 Å². The van der Waals surface area contributed by atoms with Crippen LogP contribution < -0.4 is 0 Å². The predicted molar refractivity (Wildman–Crippen MR) is 73.3 cm³/mol. The van der Waals surface area contributed by atoms with Crippen molar-refractivity contribution in [1.82, 2.24) is 4.90 Å². The van der Waals surface area contributed by atoms with Crippen molar-refractivity contribution in [1.29, 1.82) is 0 Å². The lowest BCUT2D eigenvalue weighted by Crippen LogP contribution is -2.27. The van der Waals surface area contributed by atoms with E-state index in [0.29, 0.717) is 11.0 Å². The molecule has 100 valence electrons. The van der Waals surface area contributed by atoms with Gasteiger partial charge in [0.15, 0.2) is 0 Å². The number of benzene rings is 1. The maximum atomic E-state index is 13.7. The Kier molecular flexibility index (Phi) is 4.04. The summed E-state index contributed by atoms with van der Waals surface area (Å²) >= 11 is 3.16. The van der Waals surface area contributed by atoms with Gasteiger partial charge in [-0.2, -0.15) is 0 Å². The highest BCUT2D eigenvalue weighted by atomic mass is 79.9. The summed E-state index contributed by atoms with van der Waals surface area (Å²) in [4.78, 5) is 13.6. The van der Waals surface area contributed by atoms with Crippen LogP contribution in [-0.4, -0.2) is 17.9 Å². The Bertz CT molecular complexity index is 609. The first-order valence-electron chi connectivity index (χ1n) is 5.72. The maximum Gasteiger partial charge on any atom is 0.256 e. The number of furan rings is 1. The molecule has 5 heteroatoms. The highest BCUT2D eigenvalue weighted by Crippen LogP contribution is 2.18. The van der Waals surface area contributed by atoms with Crippen LogP contribution in [0.3, 0.4) is 0 Å². The molecule has 2 rings (SSSR count). The van der Waals surface area contributed by atoms with Crippen LogP contribution in [0.1, 0.15) is 21.7 Å². The minimum Gasteiger partial charge on any atom is -0.469 e. The van der Waals surface area contributed by atoms with Crippen molar-refractivity contribution in [3.63, 3.8) is 0 Å². The highest BCUT2D eigenvalue weighted by Gasteiger charge is 2.17. The standard InChI is InChI=1S/C14H13BrFNO2/c1-9-10(5-6-19-9)8-17(2)14(18)12-4-3-11(15)7-13(12)16/h3-7H,8H2,1-2H3. The third-order valence-electron chi connectivity index (χ3n) is 2.88. The van der Waals surface area contributed by atoms with Gasteiger partial charge in [0.2, 0.25) is 0 Å². The quantitative estimate of drug-likeness (QED) is 0.860. The molecule has 1 aromatic carbocycles. The molecule has 19 heavy (non-hydrogen) atoms. The minimum absolute atomic E-state index is 0.0619. The summed E-state index contributed by atoms with van der Waals surface area (Å²) in [5, 5.41) is 0. The summed E-state index contributed by atoms with van der Waals surface area (Å²) in [6.45, 7) is 2.21. The number of nitrogens with zero attached hydrogens (tertiary/aromatic N) is 1. The lowest BCUT2D eigenvalue weighted by Gasteiger charge is -2.17. The van der Waals surface area contributed by atoms with Crippen LogP contribution >= 0.6 is 15.9 Å². The summed E-state index contributed by atoms with van der Waals surface area (Å²) in [6, 6.07) is 6.20. The molecule has 0 unspecified atom stereocenters. The number of carbonyl (C=O) groups excluding carboxylic acids is 1.